The van der Waals surface area contributed by atoms with E-state index in [9.17, 15) is 0 Å². The Morgan fingerprint density at radius 1 is 0.609 bits per heavy atom. The molecule has 0 radical (unpaired) electrons. The molecule has 0 N–H and O–H groups in total. The van der Waals surface area contributed by atoms with Crippen LogP contribution in [0.15, 0.2) is 72.3 Å². The van der Waals surface area contributed by atoms with Crippen molar-refractivity contribution in [2.45, 2.75) is 11.8 Å². The van der Waals surface area contributed by atoms with Crippen LogP contribution < -0.4 is 0 Å². The van der Waals surface area contributed by atoms with E-state index >= 15 is 0 Å². The molecule has 0 saturated heterocycles. The van der Waals surface area contributed by atoms with Crippen molar-refractivity contribution < 1.29 is 0 Å². The quantitative estimate of drug-likeness (QED) is 0.362. The summed E-state index contributed by atoms with van der Waals surface area (Å²) in [5.74, 6) is 0.651. The van der Waals surface area contributed by atoms with E-state index in [2.05, 4.69) is 66.7 Å². The van der Waals surface area contributed by atoms with Crippen LogP contribution in [0.2, 0.25) is 0 Å². The highest BCUT2D eigenvalue weighted by molar-refractivity contribution is 6.27. The maximum atomic E-state index is 5.90. The van der Waals surface area contributed by atoms with Crippen molar-refractivity contribution in [2.24, 2.45) is 0 Å². The van der Waals surface area contributed by atoms with Crippen molar-refractivity contribution in [3.05, 3.63) is 111 Å². The lowest BCUT2D eigenvalue weighted by atomic mass is 9.60. The van der Waals surface area contributed by atoms with Crippen LogP contribution in [0.25, 0.3) is 6.08 Å². The van der Waals surface area contributed by atoms with Gasteiger partial charge in [-0.25, -0.2) is 0 Å². The van der Waals surface area contributed by atoms with Crippen LogP contribution in [0.4, 0.5) is 0 Å². The third-order valence-corrected chi connectivity index (χ3v) is 5.38. The van der Waals surface area contributed by atoms with E-state index in [-0.39, 0.29) is 0 Å². The molecule has 1 heteroatoms. The largest absolute Gasteiger partial charge is 0.0929 e. The molecule has 0 aromatic heterocycles. The Morgan fingerprint density at radius 2 is 1.13 bits per heavy atom. The number of hydrogen-bond acceptors (Lipinski definition) is 0. The summed E-state index contributed by atoms with van der Waals surface area (Å²) in [5, 5.41) is 0. The molecule has 23 heavy (non-hydrogen) atoms. The monoisotopic (exact) mass is 314 g/mol. The third-order valence-electron chi connectivity index (χ3n) is 5.25. The smallest absolute Gasteiger partial charge is 0.0355 e. The summed E-state index contributed by atoms with van der Waals surface area (Å²) in [4.78, 5) is 0. The summed E-state index contributed by atoms with van der Waals surface area (Å²) in [7, 11) is 0. The lowest BCUT2D eigenvalue weighted by molar-refractivity contribution is 0.753. The van der Waals surface area contributed by atoms with Gasteiger partial charge in [0.15, 0.2) is 0 Å². The van der Waals surface area contributed by atoms with Crippen LogP contribution in [0.5, 0.6) is 0 Å². The molecule has 0 amide bonds. The van der Waals surface area contributed by atoms with Gasteiger partial charge in [-0.3, -0.25) is 0 Å². The minimum absolute atomic E-state index is 0.312. The summed E-state index contributed by atoms with van der Waals surface area (Å²) in [6.07, 6.45) is 2.02. The van der Waals surface area contributed by atoms with Gasteiger partial charge >= 0.3 is 0 Å². The molecule has 0 aliphatic heterocycles. The molecule has 3 aromatic carbocycles. The first-order valence-electron chi connectivity index (χ1n) is 7.97. The number of rotatable bonds is 1. The zero-order valence-electron chi connectivity index (χ0n) is 12.5. The summed E-state index contributed by atoms with van der Waals surface area (Å²) in [6, 6.07) is 24.4. The lowest BCUT2D eigenvalue weighted by Crippen LogP contribution is -2.28. The van der Waals surface area contributed by atoms with Crippen LogP contribution in [0.1, 0.15) is 50.8 Å². The molecule has 0 saturated carbocycles. The second kappa shape index (κ2) is 4.84. The number of benzene rings is 3. The minimum atomic E-state index is 0.312. The molecular weight excluding hydrogens is 300 g/mol. The Balaban J connectivity index is 1.91. The highest BCUT2D eigenvalue weighted by atomic mass is 35.5. The van der Waals surface area contributed by atoms with Crippen molar-refractivity contribution in [2.75, 3.05) is 0 Å². The summed E-state index contributed by atoms with van der Waals surface area (Å²) >= 11 is 5.90. The predicted octanol–water partition coefficient (Wildman–Crippen LogP) is 5.88. The highest BCUT2D eigenvalue weighted by Gasteiger charge is 2.41. The first-order valence-corrected chi connectivity index (χ1v) is 8.41. The molecule has 0 nitrogen and oxygen atoms in total. The third kappa shape index (κ3) is 1.67. The molecule has 0 spiro atoms. The van der Waals surface area contributed by atoms with Gasteiger partial charge < -0.3 is 0 Å². The van der Waals surface area contributed by atoms with Crippen LogP contribution in [-0.4, -0.2) is 0 Å². The molecule has 0 heterocycles. The fourth-order valence-electron chi connectivity index (χ4n) is 4.45. The highest BCUT2D eigenvalue weighted by Crippen LogP contribution is 2.56. The first kappa shape index (κ1) is 13.2. The molecule has 0 atom stereocenters. The minimum Gasteiger partial charge on any atom is -0.0929 e. The Morgan fingerprint density at radius 3 is 1.70 bits per heavy atom. The molecule has 0 fully saturated rings. The molecule has 3 aromatic rings. The molecule has 0 unspecified atom stereocenters. The zero-order chi connectivity index (χ0) is 15.4. The molecular formula is C22H15Cl. The Bertz CT molecular complexity index is 904. The average Bonchev–Trinajstić information content (AvgIpc) is 2.62. The van der Waals surface area contributed by atoms with Gasteiger partial charge in [0.25, 0.3) is 0 Å². The van der Waals surface area contributed by atoms with E-state index in [0.29, 0.717) is 11.8 Å². The van der Waals surface area contributed by atoms with Crippen molar-refractivity contribution in [3.63, 3.8) is 0 Å². The van der Waals surface area contributed by atoms with Gasteiger partial charge in [-0.1, -0.05) is 78.3 Å². The van der Waals surface area contributed by atoms with Gasteiger partial charge in [0.2, 0.25) is 0 Å². The summed E-state index contributed by atoms with van der Waals surface area (Å²) in [5.41, 5.74) is 11.5. The summed E-state index contributed by atoms with van der Waals surface area (Å²) < 4.78 is 0. The number of hydrogen-bond donors (Lipinski definition) is 0. The molecule has 110 valence electrons. The fourth-order valence-corrected chi connectivity index (χ4v) is 4.59. The van der Waals surface area contributed by atoms with E-state index in [1.807, 2.05) is 6.08 Å². The Labute approximate surface area is 141 Å². The molecule has 6 rings (SSSR count). The Hall–Kier alpha value is -2.31. The van der Waals surface area contributed by atoms with Crippen LogP contribution in [0.3, 0.4) is 0 Å². The second-order valence-electron chi connectivity index (χ2n) is 6.27. The van der Waals surface area contributed by atoms with Gasteiger partial charge in [-0.2, -0.15) is 0 Å². The van der Waals surface area contributed by atoms with Crippen molar-refractivity contribution in [1.82, 2.24) is 0 Å². The first-order chi connectivity index (χ1) is 11.4. The maximum absolute atomic E-state index is 5.90. The van der Waals surface area contributed by atoms with Gasteiger partial charge in [0.05, 0.1) is 0 Å². The van der Waals surface area contributed by atoms with E-state index in [4.69, 9.17) is 11.6 Å². The standard InChI is InChI=1S/C22H15Cl/c23-13-12-14-6-5-11-19-20(14)22-17-9-3-1-7-15(17)21(19)16-8-2-4-10-18(16)22/h1-13,21-22H/b13-12+. The van der Waals surface area contributed by atoms with Crippen molar-refractivity contribution in [3.8, 4) is 0 Å². The topological polar surface area (TPSA) is 0 Å². The average molecular weight is 315 g/mol. The van der Waals surface area contributed by atoms with E-state index in [1.54, 1.807) is 5.54 Å². The van der Waals surface area contributed by atoms with Crippen molar-refractivity contribution >= 4 is 17.7 Å². The van der Waals surface area contributed by atoms with E-state index in [1.165, 1.54) is 38.9 Å². The summed E-state index contributed by atoms with van der Waals surface area (Å²) in [6.45, 7) is 0. The Kier molecular flexibility index (Phi) is 2.77. The maximum Gasteiger partial charge on any atom is 0.0355 e. The van der Waals surface area contributed by atoms with Gasteiger partial charge in [0, 0.05) is 17.4 Å². The van der Waals surface area contributed by atoms with Crippen LogP contribution in [-0.2, 0) is 0 Å². The van der Waals surface area contributed by atoms with E-state index < -0.39 is 0 Å². The van der Waals surface area contributed by atoms with Crippen LogP contribution >= 0.6 is 11.6 Å². The van der Waals surface area contributed by atoms with Gasteiger partial charge in [-0.05, 0) is 45.0 Å². The predicted molar refractivity (Wildman–Crippen MR) is 96.1 cm³/mol. The molecule has 3 aliphatic carbocycles. The van der Waals surface area contributed by atoms with Crippen LogP contribution in [0, 0.1) is 0 Å². The molecule has 3 aliphatic rings. The normalized spacial score (nSPS) is 20.2. The lowest BCUT2D eigenvalue weighted by Gasteiger charge is -2.42. The molecule has 2 bridgehead atoms. The van der Waals surface area contributed by atoms with Crippen molar-refractivity contribution in [1.29, 1.82) is 0 Å². The second-order valence-corrected chi connectivity index (χ2v) is 6.52. The zero-order valence-corrected chi connectivity index (χ0v) is 13.3. The van der Waals surface area contributed by atoms with Gasteiger partial charge in [0.1, 0.15) is 0 Å². The SMILES string of the molecule is Cl/C=C/c1cccc2c1C1c3ccccc3C2c2ccccc21. The van der Waals surface area contributed by atoms with Gasteiger partial charge in [-0.15, -0.1) is 0 Å². The number of halogens is 1. The fraction of sp³-hybridized carbons (Fsp3) is 0.0909. The van der Waals surface area contributed by atoms with E-state index in [0.717, 1.165) is 0 Å².